The van der Waals surface area contributed by atoms with Crippen LogP contribution in [0.2, 0.25) is 0 Å². The third-order valence-electron chi connectivity index (χ3n) is 0.664. The van der Waals surface area contributed by atoms with E-state index < -0.39 is 0 Å². The average Bonchev–Trinajstić information content (AvgIpc) is 1.81. The molecule has 2 heteroatoms. The van der Waals surface area contributed by atoms with Crippen LogP contribution in [0.4, 0.5) is 0 Å². The maximum absolute atomic E-state index is 8.17. The summed E-state index contributed by atoms with van der Waals surface area (Å²) in [5, 5.41) is 8.17. The first-order chi connectivity index (χ1) is 3.91. The molecular formula is C6H10OS. The van der Waals surface area contributed by atoms with Crippen molar-refractivity contribution in [3.63, 3.8) is 0 Å². The lowest BCUT2D eigenvalue weighted by atomic mass is 10.3. The number of hydrogen-bond acceptors (Lipinski definition) is 2. The summed E-state index contributed by atoms with van der Waals surface area (Å²) in [6, 6.07) is 0. The molecule has 0 heterocycles. The number of aliphatic hydroxyl groups excluding tert-OH is 1. The summed E-state index contributed by atoms with van der Waals surface area (Å²) < 4.78 is 0. The van der Waals surface area contributed by atoms with Crippen molar-refractivity contribution in [2.24, 2.45) is 0 Å². The van der Waals surface area contributed by atoms with E-state index in [1.807, 2.05) is 0 Å². The van der Waals surface area contributed by atoms with Gasteiger partial charge in [-0.05, 0) is 12.2 Å². The fourth-order valence-corrected chi connectivity index (χ4v) is 0.470. The Morgan fingerprint density at radius 3 is 2.62 bits per heavy atom. The van der Waals surface area contributed by atoms with Gasteiger partial charge in [-0.3, -0.25) is 0 Å². The van der Waals surface area contributed by atoms with Crippen LogP contribution in [0.5, 0.6) is 0 Å². The summed E-state index contributed by atoms with van der Waals surface area (Å²) in [5.74, 6) is 6.22. The van der Waals surface area contributed by atoms with Crippen molar-refractivity contribution in [2.45, 2.75) is 12.8 Å². The van der Waals surface area contributed by atoms with Crippen molar-refractivity contribution in [1.82, 2.24) is 0 Å². The molecule has 0 atom stereocenters. The second kappa shape index (κ2) is 6.87. The van der Waals surface area contributed by atoms with Crippen molar-refractivity contribution in [1.29, 1.82) is 0 Å². The molecule has 1 N–H and O–H groups in total. The summed E-state index contributed by atoms with van der Waals surface area (Å²) in [4.78, 5) is 0. The van der Waals surface area contributed by atoms with Crippen LogP contribution in [0, 0.1) is 11.8 Å². The van der Waals surface area contributed by atoms with Gasteiger partial charge in [0.1, 0.15) is 6.61 Å². The van der Waals surface area contributed by atoms with Crippen LogP contribution in [0.3, 0.4) is 0 Å². The SMILES string of the molecule is OCC#CCCCS. The highest BCUT2D eigenvalue weighted by Crippen LogP contribution is 1.87. The number of thiol groups is 1. The smallest absolute Gasteiger partial charge is 0.104 e. The molecule has 0 fully saturated rings. The molecular weight excluding hydrogens is 120 g/mol. The highest BCUT2D eigenvalue weighted by molar-refractivity contribution is 7.80. The van der Waals surface area contributed by atoms with E-state index in [4.69, 9.17) is 5.11 Å². The zero-order valence-corrected chi connectivity index (χ0v) is 5.62. The molecule has 0 aliphatic carbocycles. The van der Waals surface area contributed by atoms with Gasteiger partial charge in [0.05, 0.1) is 0 Å². The zero-order chi connectivity index (χ0) is 6.24. The first-order valence-corrected chi connectivity index (χ1v) is 3.22. The quantitative estimate of drug-likeness (QED) is 0.320. The minimum atomic E-state index is -0.0213. The van der Waals surface area contributed by atoms with Gasteiger partial charge in [-0.2, -0.15) is 12.6 Å². The largest absolute Gasteiger partial charge is 0.384 e. The zero-order valence-electron chi connectivity index (χ0n) is 4.72. The Labute approximate surface area is 55.5 Å². The van der Waals surface area contributed by atoms with Crippen LogP contribution < -0.4 is 0 Å². The third kappa shape index (κ3) is 5.87. The van der Waals surface area contributed by atoms with Crippen molar-refractivity contribution in [3.05, 3.63) is 0 Å². The Kier molecular flexibility index (Phi) is 6.76. The maximum Gasteiger partial charge on any atom is 0.104 e. The predicted molar refractivity (Wildman–Crippen MR) is 37.9 cm³/mol. The topological polar surface area (TPSA) is 20.2 Å². The summed E-state index contributed by atoms with van der Waals surface area (Å²) in [7, 11) is 0. The van der Waals surface area contributed by atoms with Gasteiger partial charge in [0.15, 0.2) is 0 Å². The van der Waals surface area contributed by atoms with Crippen LogP contribution >= 0.6 is 12.6 Å². The van der Waals surface area contributed by atoms with Crippen LogP contribution in [0.15, 0.2) is 0 Å². The molecule has 0 aliphatic rings. The first kappa shape index (κ1) is 7.87. The Bertz CT molecular complexity index is 90.4. The van der Waals surface area contributed by atoms with E-state index in [1.165, 1.54) is 0 Å². The van der Waals surface area contributed by atoms with E-state index >= 15 is 0 Å². The third-order valence-corrected chi connectivity index (χ3v) is 0.980. The minimum absolute atomic E-state index is 0.0213. The lowest BCUT2D eigenvalue weighted by Crippen LogP contribution is -1.74. The van der Waals surface area contributed by atoms with E-state index in [1.54, 1.807) is 0 Å². The standard InChI is InChI=1S/C6H10OS/c7-5-3-1-2-4-6-8/h7-8H,2,4-6H2. The highest BCUT2D eigenvalue weighted by atomic mass is 32.1. The number of rotatable bonds is 2. The van der Waals surface area contributed by atoms with Gasteiger partial charge < -0.3 is 5.11 Å². The van der Waals surface area contributed by atoms with E-state index in [9.17, 15) is 0 Å². The molecule has 0 saturated carbocycles. The highest BCUT2D eigenvalue weighted by Gasteiger charge is 1.74. The molecule has 0 saturated heterocycles. The van der Waals surface area contributed by atoms with Crippen molar-refractivity contribution >= 4 is 12.6 Å². The summed E-state index contributed by atoms with van der Waals surface area (Å²) >= 11 is 3.99. The van der Waals surface area contributed by atoms with Crippen LogP contribution in [0.25, 0.3) is 0 Å². The van der Waals surface area contributed by atoms with Crippen molar-refractivity contribution in [3.8, 4) is 11.8 Å². The summed E-state index contributed by atoms with van der Waals surface area (Å²) in [6.45, 7) is -0.0213. The summed E-state index contributed by atoms with van der Waals surface area (Å²) in [6.07, 6.45) is 1.86. The molecule has 0 bridgehead atoms. The molecule has 0 unspecified atom stereocenters. The lowest BCUT2D eigenvalue weighted by molar-refractivity contribution is 0.350. The predicted octanol–water partition coefficient (Wildman–Crippen LogP) is 0.692. The second-order valence-electron chi connectivity index (χ2n) is 1.34. The maximum atomic E-state index is 8.17. The van der Waals surface area contributed by atoms with Gasteiger partial charge >= 0.3 is 0 Å². The minimum Gasteiger partial charge on any atom is -0.384 e. The van der Waals surface area contributed by atoms with Gasteiger partial charge in [-0.1, -0.05) is 5.92 Å². The van der Waals surface area contributed by atoms with E-state index in [-0.39, 0.29) is 6.61 Å². The molecule has 0 rings (SSSR count). The molecule has 0 aromatic carbocycles. The van der Waals surface area contributed by atoms with Crippen molar-refractivity contribution < 1.29 is 5.11 Å². The molecule has 0 amide bonds. The van der Waals surface area contributed by atoms with Crippen molar-refractivity contribution in [2.75, 3.05) is 12.4 Å². The number of hydrogen-bond donors (Lipinski definition) is 2. The van der Waals surface area contributed by atoms with Gasteiger partial charge in [-0.25, -0.2) is 0 Å². The molecule has 46 valence electrons. The van der Waals surface area contributed by atoms with Gasteiger partial charge in [-0.15, -0.1) is 5.92 Å². The molecule has 0 radical (unpaired) electrons. The first-order valence-electron chi connectivity index (χ1n) is 2.59. The molecule has 0 aromatic heterocycles. The lowest BCUT2D eigenvalue weighted by Gasteiger charge is -1.81. The number of aliphatic hydroxyl groups is 1. The normalized spacial score (nSPS) is 7.75. The van der Waals surface area contributed by atoms with E-state index in [0.29, 0.717) is 0 Å². The molecule has 8 heavy (non-hydrogen) atoms. The van der Waals surface area contributed by atoms with Crippen LogP contribution in [-0.2, 0) is 0 Å². The fourth-order valence-electron chi connectivity index (χ4n) is 0.312. The number of unbranched alkanes of at least 4 members (excludes halogenated alkanes) is 1. The Balaban J connectivity index is 2.90. The van der Waals surface area contributed by atoms with Gasteiger partial charge in [0.25, 0.3) is 0 Å². The van der Waals surface area contributed by atoms with Crippen LogP contribution in [-0.4, -0.2) is 17.5 Å². The van der Waals surface area contributed by atoms with E-state index in [2.05, 4.69) is 24.5 Å². The Hall–Kier alpha value is -0.130. The Morgan fingerprint density at radius 1 is 1.38 bits per heavy atom. The van der Waals surface area contributed by atoms with Crippen LogP contribution in [0.1, 0.15) is 12.8 Å². The summed E-state index contributed by atoms with van der Waals surface area (Å²) in [5.41, 5.74) is 0. The molecule has 0 aromatic rings. The molecule has 1 nitrogen and oxygen atoms in total. The van der Waals surface area contributed by atoms with Gasteiger partial charge in [0, 0.05) is 6.42 Å². The fraction of sp³-hybridized carbons (Fsp3) is 0.667. The average molecular weight is 130 g/mol. The monoisotopic (exact) mass is 130 g/mol. The van der Waals surface area contributed by atoms with E-state index in [0.717, 1.165) is 18.6 Å². The Morgan fingerprint density at radius 2 is 2.12 bits per heavy atom. The second-order valence-corrected chi connectivity index (χ2v) is 1.79. The molecule has 0 spiro atoms. The molecule has 0 aliphatic heterocycles. The van der Waals surface area contributed by atoms with Gasteiger partial charge in [0.2, 0.25) is 0 Å².